The highest BCUT2D eigenvalue weighted by Crippen LogP contribution is 2.30. The van der Waals surface area contributed by atoms with Crippen LogP contribution >= 0.6 is 0 Å². The quantitative estimate of drug-likeness (QED) is 0.642. The summed E-state index contributed by atoms with van der Waals surface area (Å²) in [6.07, 6.45) is -4.47. The first-order valence-electron chi connectivity index (χ1n) is 7.86. The van der Waals surface area contributed by atoms with Crippen molar-refractivity contribution in [3.63, 3.8) is 0 Å². The molecular formula is C19H14F4N2O2. The molecule has 3 rings (SSSR count). The fraction of sp³-hybridized carbons (Fsp3) is 0.158. The van der Waals surface area contributed by atoms with E-state index in [9.17, 15) is 22.4 Å². The molecule has 8 heteroatoms. The lowest BCUT2D eigenvalue weighted by Crippen LogP contribution is -2.23. The van der Waals surface area contributed by atoms with Crippen LogP contribution in [0.5, 0.6) is 5.75 Å². The minimum absolute atomic E-state index is 0.139. The summed E-state index contributed by atoms with van der Waals surface area (Å²) < 4.78 is 58.1. The van der Waals surface area contributed by atoms with Crippen LogP contribution in [0.25, 0.3) is 11.3 Å². The largest absolute Gasteiger partial charge is 0.496 e. The van der Waals surface area contributed by atoms with Crippen LogP contribution < -0.4 is 10.3 Å². The minimum Gasteiger partial charge on any atom is -0.496 e. The van der Waals surface area contributed by atoms with E-state index in [2.05, 4.69) is 5.10 Å². The van der Waals surface area contributed by atoms with Crippen molar-refractivity contribution in [3.8, 4) is 17.0 Å². The van der Waals surface area contributed by atoms with Crippen molar-refractivity contribution >= 4 is 0 Å². The highest BCUT2D eigenvalue weighted by Gasteiger charge is 2.30. The summed E-state index contributed by atoms with van der Waals surface area (Å²) in [6, 6.07) is 11.2. The van der Waals surface area contributed by atoms with E-state index >= 15 is 0 Å². The van der Waals surface area contributed by atoms with Crippen LogP contribution in [0.2, 0.25) is 0 Å². The van der Waals surface area contributed by atoms with Crippen molar-refractivity contribution in [2.75, 3.05) is 7.11 Å². The van der Waals surface area contributed by atoms with Gasteiger partial charge in [0.2, 0.25) is 0 Å². The van der Waals surface area contributed by atoms with Gasteiger partial charge in [0.15, 0.2) is 0 Å². The zero-order valence-corrected chi connectivity index (χ0v) is 14.1. The van der Waals surface area contributed by atoms with Crippen LogP contribution in [-0.4, -0.2) is 16.9 Å². The predicted molar refractivity (Wildman–Crippen MR) is 91.0 cm³/mol. The number of hydrogen-bond acceptors (Lipinski definition) is 3. The van der Waals surface area contributed by atoms with Gasteiger partial charge < -0.3 is 4.74 Å². The third kappa shape index (κ3) is 4.16. The van der Waals surface area contributed by atoms with Crippen molar-refractivity contribution in [2.24, 2.45) is 0 Å². The SMILES string of the molecule is COc1cc(F)ccc1-c1ccc(=O)n(Cc2cccc(C(F)(F)F)c2)n1. The zero-order valence-electron chi connectivity index (χ0n) is 14.1. The molecule has 140 valence electrons. The van der Waals surface area contributed by atoms with Crippen LogP contribution in [0.4, 0.5) is 17.6 Å². The summed E-state index contributed by atoms with van der Waals surface area (Å²) in [5.41, 5.74) is -0.209. The molecule has 2 aromatic carbocycles. The van der Waals surface area contributed by atoms with Crippen LogP contribution in [0, 0.1) is 5.82 Å². The Morgan fingerprint density at radius 3 is 2.56 bits per heavy atom. The topological polar surface area (TPSA) is 44.1 Å². The van der Waals surface area contributed by atoms with Gasteiger partial charge in [-0.25, -0.2) is 9.07 Å². The third-order valence-electron chi connectivity index (χ3n) is 3.89. The second-order valence-corrected chi connectivity index (χ2v) is 5.76. The smallest absolute Gasteiger partial charge is 0.416 e. The molecule has 0 aliphatic heterocycles. The molecule has 3 aromatic rings. The lowest BCUT2D eigenvalue weighted by atomic mass is 10.1. The summed E-state index contributed by atoms with van der Waals surface area (Å²) in [7, 11) is 1.37. The average Bonchev–Trinajstić information content (AvgIpc) is 2.63. The zero-order chi connectivity index (χ0) is 19.6. The molecule has 0 aliphatic carbocycles. The normalized spacial score (nSPS) is 11.4. The molecule has 0 fully saturated rings. The number of nitrogens with zero attached hydrogens (tertiary/aromatic N) is 2. The second-order valence-electron chi connectivity index (χ2n) is 5.76. The van der Waals surface area contributed by atoms with Crippen LogP contribution in [0.15, 0.2) is 59.4 Å². The van der Waals surface area contributed by atoms with Gasteiger partial charge in [-0.05, 0) is 35.9 Å². The monoisotopic (exact) mass is 378 g/mol. The standard InChI is InChI=1S/C19H14F4N2O2/c1-27-17-10-14(20)5-6-15(17)16-7-8-18(26)25(24-16)11-12-3-2-4-13(9-12)19(21,22)23/h2-10H,11H2,1H3. The summed E-state index contributed by atoms with van der Waals surface area (Å²) in [5, 5.41) is 4.19. The summed E-state index contributed by atoms with van der Waals surface area (Å²) >= 11 is 0. The molecule has 0 saturated heterocycles. The van der Waals surface area contributed by atoms with Crippen LogP contribution in [0.3, 0.4) is 0 Å². The molecule has 27 heavy (non-hydrogen) atoms. The minimum atomic E-state index is -4.47. The number of hydrogen-bond donors (Lipinski definition) is 0. The Kier molecular flexibility index (Phi) is 4.98. The number of alkyl halides is 3. The summed E-state index contributed by atoms with van der Waals surface area (Å²) in [5.74, 6) is -0.264. The molecule has 4 nitrogen and oxygen atoms in total. The third-order valence-corrected chi connectivity index (χ3v) is 3.89. The van der Waals surface area contributed by atoms with E-state index in [0.717, 1.165) is 16.8 Å². The highest BCUT2D eigenvalue weighted by atomic mass is 19.4. The first-order valence-corrected chi connectivity index (χ1v) is 7.86. The van der Waals surface area contributed by atoms with Crippen LogP contribution in [-0.2, 0) is 12.7 Å². The lowest BCUT2D eigenvalue weighted by molar-refractivity contribution is -0.137. The predicted octanol–water partition coefficient (Wildman–Crippen LogP) is 4.13. The summed E-state index contributed by atoms with van der Waals surface area (Å²) in [4.78, 5) is 12.1. The average molecular weight is 378 g/mol. The molecule has 0 radical (unpaired) electrons. The van der Waals surface area contributed by atoms with Gasteiger partial charge in [0.1, 0.15) is 11.6 Å². The molecule has 1 aromatic heterocycles. The molecule has 0 spiro atoms. The fourth-order valence-corrected chi connectivity index (χ4v) is 2.60. The Morgan fingerprint density at radius 2 is 1.85 bits per heavy atom. The molecule has 0 aliphatic rings. The number of halogens is 4. The maximum atomic E-state index is 13.4. The van der Waals surface area contributed by atoms with E-state index in [-0.39, 0.29) is 17.9 Å². The Balaban J connectivity index is 1.99. The summed E-state index contributed by atoms with van der Waals surface area (Å²) in [6.45, 7) is -0.139. The van der Waals surface area contributed by atoms with Crippen molar-refractivity contribution in [2.45, 2.75) is 12.7 Å². The van der Waals surface area contributed by atoms with Gasteiger partial charge in [-0.1, -0.05) is 12.1 Å². The van der Waals surface area contributed by atoms with Crippen molar-refractivity contribution in [3.05, 3.63) is 81.9 Å². The molecule has 0 saturated carbocycles. The van der Waals surface area contributed by atoms with Gasteiger partial charge in [-0.15, -0.1) is 0 Å². The molecule has 1 heterocycles. The fourth-order valence-electron chi connectivity index (χ4n) is 2.60. The highest BCUT2D eigenvalue weighted by molar-refractivity contribution is 5.66. The number of methoxy groups -OCH3 is 1. The van der Waals surface area contributed by atoms with Gasteiger partial charge in [0.05, 0.1) is 24.9 Å². The van der Waals surface area contributed by atoms with Crippen molar-refractivity contribution in [1.29, 1.82) is 0 Å². The number of aromatic nitrogens is 2. The van der Waals surface area contributed by atoms with E-state index in [1.165, 1.54) is 49.6 Å². The maximum Gasteiger partial charge on any atom is 0.416 e. The molecule has 0 atom stereocenters. The van der Waals surface area contributed by atoms with Crippen LogP contribution in [0.1, 0.15) is 11.1 Å². The number of rotatable bonds is 4. The Morgan fingerprint density at radius 1 is 1.07 bits per heavy atom. The van der Waals surface area contributed by atoms with E-state index in [1.807, 2.05) is 0 Å². The molecule has 0 amide bonds. The van der Waals surface area contributed by atoms with E-state index < -0.39 is 23.1 Å². The first-order chi connectivity index (χ1) is 12.8. The number of ether oxygens (including phenoxy) is 1. The second kappa shape index (κ2) is 7.22. The van der Waals surface area contributed by atoms with Gasteiger partial charge in [-0.3, -0.25) is 4.79 Å². The molecule has 0 unspecified atom stereocenters. The lowest BCUT2D eigenvalue weighted by Gasteiger charge is -2.12. The van der Waals surface area contributed by atoms with Crippen molar-refractivity contribution in [1.82, 2.24) is 9.78 Å². The number of benzene rings is 2. The maximum absolute atomic E-state index is 13.4. The molecule has 0 bridgehead atoms. The van der Waals surface area contributed by atoms with Gasteiger partial charge >= 0.3 is 6.18 Å². The Labute approximate surface area is 151 Å². The molecular weight excluding hydrogens is 364 g/mol. The molecule has 0 N–H and O–H groups in total. The van der Waals surface area contributed by atoms with E-state index in [0.29, 0.717) is 11.3 Å². The van der Waals surface area contributed by atoms with Gasteiger partial charge in [0.25, 0.3) is 5.56 Å². The van der Waals surface area contributed by atoms with Crippen molar-refractivity contribution < 1.29 is 22.3 Å². The van der Waals surface area contributed by atoms with E-state index in [4.69, 9.17) is 4.74 Å². The van der Waals surface area contributed by atoms with Gasteiger partial charge in [0, 0.05) is 17.7 Å². The Bertz CT molecular complexity index is 1030. The first kappa shape index (κ1) is 18.6. The Hall–Kier alpha value is -3.16. The van der Waals surface area contributed by atoms with E-state index in [1.54, 1.807) is 0 Å². The van der Waals surface area contributed by atoms with Gasteiger partial charge in [-0.2, -0.15) is 18.3 Å².